The van der Waals surface area contributed by atoms with E-state index in [2.05, 4.69) is 14.9 Å². The number of nitrogens with zero attached hydrogens (tertiary/aromatic N) is 3. The molecule has 0 unspecified atom stereocenters. The maximum atomic E-state index is 12.0. The van der Waals surface area contributed by atoms with Gasteiger partial charge in [-0.2, -0.15) is 0 Å². The van der Waals surface area contributed by atoms with Gasteiger partial charge in [-0.25, -0.2) is 9.78 Å². The third kappa shape index (κ3) is 2.95. The van der Waals surface area contributed by atoms with Crippen LogP contribution in [0.5, 0.6) is 0 Å². The Balaban J connectivity index is 1.91. The number of carbonyl (C=O) groups is 1. The highest BCUT2D eigenvalue weighted by Gasteiger charge is 2.24. The lowest BCUT2D eigenvalue weighted by Gasteiger charge is -2.29. The Morgan fingerprint density at radius 2 is 2.33 bits per heavy atom. The molecule has 6 heteroatoms. The van der Waals surface area contributed by atoms with Gasteiger partial charge in [0.25, 0.3) is 0 Å². The fraction of sp³-hybridized carbons (Fsp3) is 0.267. The van der Waals surface area contributed by atoms with Crippen LogP contribution in [0.2, 0.25) is 0 Å². The smallest absolute Gasteiger partial charge is 0.335 e. The molecule has 0 N–H and O–H groups in total. The fourth-order valence-corrected chi connectivity index (χ4v) is 2.90. The summed E-state index contributed by atoms with van der Waals surface area (Å²) in [7, 11) is 0. The Hall–Kier alpha value is -2.21. The first-order valence-corrected chi connectivity index (χ1v) is 7.62. The first kappa shape index (κ1) is 13.8. The lowest BCUT2D eigenvalue weighted by Crippen LogP contribution is -2.31. The highest BCUT2D eigenvalue weighted by Crippen LogP contribution is 2.29. The number of fused-ring (bicyclic) bond motifs is 1. The number of thiazole rings is 1. The van der Waals surface area contributed by atoms with Gasteiger partial charge in [-0.05, 0) is 25.1 Å². The van der Waals surface area contributed by atoms with Crippen molar-refractivity contribution in [2.24, 2.45) is 0 Å². The molecule has 0 aliphatic carbocycles. The van der Waals surface area contributed by atoms with Crippen molar-refractivity contribution in [1.29, 1.82) is 0 Å². The molecule has 3 heterocycles. The van der Waals surface area contributed by atoms with Crippen molar-refractivity contribution < 1.29 is 9.53 Å². The first-order valence-electron chi connectivity index (χ1n) is 6.74. The standard InChI is InChI=1S/C15H15N3O2S/c1-2-20-15(19)11-8-12-13(4-3-5-16-12)18(9-11)10-14-17-6-7-21-14/h3-8H,2,9-10H2,1H3. The average Bonchev–Trinajstić information content (AvgIpc) is 3.00. The average molecular weight is 301 g/mol. The van der Waals surface area contributed by atoms with Gasteiger partial charge >= 0.3 is 5.97 Å². The molecule has 2 aromatic rings. The van der Waals surface area contributed by atoms with Crippen LogP contribution in [0.25, 0.3) is 6.08 Å². The molecule has 0 aromatic carbocycles. The van der Waals surface area contributed by atoms with E-state index in [1.54, 1.807) is 30.7 Å². The van der Waals surface area contributed by atoms with E-state index in [0.717, 1.165) is 16.4 Å². The Morgan fingerprint density at radius 3 is 3.10 bits per heavy atom. The van der Waals surface area contributed by atoms with Gasteiger partial charge in [-0.3, -0.25) is 4.98 Å². The molecule has 108 valence electrons. The van der Waals surface area contributed by atoms with E-state index in [1.807, 2.05) is 23.6 Å². The van der Waals surface area contributed by atoms with E-state index in [4.69, 9.17) is 4.74 Å². The highest BCUT2D eigenvalue weighted by molar-refractivity contribution is 7.09. The molecule has 2 aromatic heterocycles. The van der Waals surface area contributed by atoms with Crippen LogP contribution in [0.15, 0.2) is 35.5 Å². The van der Waals surface area contributed by atoms with Crippen LogP contribution in [0, 0.1) is 0 Å². The van der Waals surface area contributed by atoms with E-state index >= 15 is 0 Å². The minimum Gasteiger partial charge on any atom is -0.463 e. The molecule has 0 atom stereocenters. The van der Waals surface area contributed by atoms with Gasteiger partial charge in [0.1, 0.15) is 5.01 Å². The molecular formula is C15H15N3O2S. The molecule has 21 heavy (non-hydrogen) atoms. The number of rotatable bonds is 4. The van der Waals surface area contributed by atoms with Crippen LogP contribution in [0.4, 0.5) is 5.69 Å². The van der Waals surface area contributed by atoms with Crippen LogP contribution in [0.3, 0.4) is 0 Å². The van der Waals surface area contributed by atoms with Gasteiger partial charge in [0.05, 0.1) is 36.7 Å². The van der Waals surface area contributed by atoms with Crippen molar-refractivity contribution in [2.75, 3.05) is 18.1 Å². The van der Waals surface area contributed by atoms with Gasteiger partial charge in [-0.1, -0.05) is 0 Å². The predicted molar refractivity (Wildman–Crippen MR) is 82.0 cm³/mol. The maximum Gasteiger partial charge on any atom is 0.335 e. The zero-order chi connectivity index (χ0) is 14.7. The quantitative estimate of drug-likeness (QED) is 0.812. The summed E-state index contributed by atoms with van der Waals surface area (Å²) in [6.07, 6.45) is 5.33. The lowest BCUT2D eigenvalue weighted by atomic mass is 10.1. The summed E-state index contributed by atoms with van der Waals surface area (Å²) in [6.45, 7) is 3.35. The topological polar surface area (TPSA) is 55.3 Å². The number of pyridine rings is 1. The van der Waals surface area contributed by atoms with Gasteiger partial charge in [0, 0.05) is 17.8 Å². The normalized spacial score (nSPS) is 13.6. The van der Waals surface area contributed by atoms with Crippen molar-refractivity contribution in [1.82, 2.24) is 9.97 Å². The minimum atomic E-state index is -0.280. The van der Waals surface area contributed by atoms with E-state index in [9.17, 15) is 4.79 Å². The Morgan fingerprint density at radius 1 is 1.43 bits per heavy atom. The third-order valence-electron chi connectivity index (χ3n) is 3.18. The molecule has 1 aliphatic rings. The second-order valence-electron chi connectivity index (χ2n) is 4.58. The number of carbonyl (C=O) groups excluding carboxylic acids is 1. The van der Waals surface area contributed by atoms with Crippen LogP contribution in [-0.2, 0) is 16.1 Å². The highest BCUT2D eigenvalue weighted by atomic mass is 32.1. The van der Waals surface area contributed by atoms with Crippen molar-refractivity contribution in [3.63, 3.8) is 0 Å². The SMILES string of the molecule is CCOC(=O)C1=Cc2ncccc2N(Cc2nccs2)C1. The molecule has 0 fully saturated rings. The third-order valence-corrected chi connectivity index (χ3v) is 3.94. The Kier molecular flexibility index (Phi) is 3.96. The van der Waals surface area contributed by atoms with Gasteiger partial charge in [0.2, 0.25) is 0 Å². The summed E-state index contributed by atoms with van der Waals surface area (Å²) < 4.78 is 5.11. The number of hydrogen-bond acceptors (Lipinski definition) is 6. The second-order valence-corrected chi connectivity index (χ2v) is 5.56. The van der Waals surface area contributed by atoms with E-state index in [-0.39, 0.29) is 5.97 Å². The van der Waals surface area contributed by atoms with Gasteiger partial charge in [-0.15, -0.1) is 11.3 Å². The number of esters is 1. The van der Waals surface area contributed by atoms with Gasteiger partial charge in [0.15, 0.2) is 0 Å². The molecule has 0 saturated carbocycles. The Labute approximate surface area is 126 Å². The molecule has 0 amide bonds. The monoisotopic (exact) mass is 301 g/mol. The van der Waals surface area contributed by atoms with E-state index in [0.29, 0.717) is 25.3 Å². The molecule has 0 saturated heterocycles. The fourth-order valence-electron chi connectivity index (χ4n) is 2.27. The van der Waals surface area contributed by atoms with Gasteiger partial charge < -0.3 is 9.64 Å². The molecule has 0 radical (unpaired) electrons. The summed E-state index contributed by atoms with van der Waals surface area (Å²) in [4.78, 5) is 22.8. The van der Waals surface area contributed by atoms with Crippen LogP contribution >= 0.6 is 11.3 Å². The molecule has 0 bridgehead atoms. The summed E-state index contributed by atoms with van der Waals surface area (Å²) in [5.74, 6) is -0.280. The summed E-state index contributed by atoms with van der Waals surface area (Å²) in [5.41, 5.74) is 2.43. The zero-order valence-corrected chi connectivity index (χ0v) is 12.5. The van der Waals surface area contributed by atoms with Crippen LogP contribution in [0.1, 0.15) is 17.6 Å². The predicted octanol–water partition coefficient (Wildman–Crippen LogP) is 2.50. The maximum absolute atomic E-state index is 12.0. The van der Waals surface area contributed by atoms with Crippen molar-refractivity contribution in [2.45, 2.75) is 13.5 Å². The minimum absolute atomic E-state index is 0.280. The molecule has 3 rings (SSSR count). The molecule has 0 spiro atoms. The molecule has 5 nitrogen and oxygen atoms in total. The van der Waals surface area contributed by atoms with Crippen molar-refractivity contribution in [3.8, 4) is 0 Å². The van der Waals surface area contributed by atoms with Crippen LogP contribution < -0.4 is 4.90 Å². The Bertz CT molecular complexity index is 667. The largest absolute Gasteiger partial charge is 0.463 e. The zero-order valence-electron chi connectivity index (χ0n) is 11.7. The summed E-state index contributed by atoms with van der Waals surface area (Å²) >= 11 is 1.60. The number of hydrogen-bond donors (Lipinski definition) is 0. The molecule has 1 aliphatic heterocycles. The lowest BCUT2D eigenvalue weighted by molar-refractivity contribution is -0.138. The second kappa shape index (κ2) is 6.05. The number of ether oxygens (including phenoxy) is 1. The molecular weight excluding hydrogens is 286 g/mol. The first-order chi connectivity index (χ1) is 10.3. The summed E-state index contributed by atoms with van der Waals surface area (Å²) in [5, 5.41) is 2.96. The van der Waals surface area contributed by atoms with E-state index in [1.165, 1.54) is 0 Å². The number of aromatic nitrogens is 2. The van der Waals surface area contributed by atoms with Crippen molar-refractivity contribution >= 4 is 29.1 Å². The van der Waals surface area contributed by atoms with Crippen molar-refractivity contribution in [3.05, 3.63) is 46.2 Å². The van der Waals surface area contributed by atoms with Crippen LogP contribution in [-0.4, -0.2) is 29.1 Å². The number of anilines is 1. The van der Waals surface area contributed by atoms with E-state index < -0.39 is 0 Å². The summed E-state index contributed by atoms with van der Waals surface area (Å²) in [6, 6.07) is 3.91.